The molecule has 0 amide bonds. The van der Waals surface area contributed by atoms with E-state index in [1.54, 1.807) is 19.1 Å². The number of nitrogens with zero attached hydrogens (tertiary/aromatic N) is 2. The second-order valence-electron chi connectivity index (χ2n) is 4.85. The SMILES string of the molecule is Cc1cc(NS(=O)(=O)c2ccc3oc(=O)n(C)c3c2)ccn1. The molecule has 0 fully saturated rings. The number of benzene rings is 1. The van der Waals surface area contributed by atoms with E-state index >= 15 is 0 Å². The van der Waals surface area contributed by atoms with Crippen LogP contribution in [0.5, 0.6) is 0 Å². The van der Waals surface area contributed by atoms with E-state index in [2.05, 4.69) is 9.71 Å². The first-order valence-electron chi connectivity index (χ1n) is 6.42. The van der Waals surface area contributed by atoms with Gasteiger partial charge in [0.25, 0.3) is 10.0 Å². The van der Waals surface area contributed by atoms with Crippen molar-refractivity contribution in [3.05, 3.63) is 52.8 Å². The molecule has 0 spiro atoms. The lowest BCUT2D eigenvalue weighted by Gasteiger charge is -2.08. The first kappa shape index (κ1) is 14.3. The predicted octanol–water partition coefficient (Wildman–Crippen LogP) is 1.64. The average Bonchev–Trinajstić information content (AvgIpc) is 2.73. The highest BCUT2D eigenvalue weighted by atomic mass is 32.2. The second kappa shape index (κ2) is 4.99. The smallest absolute Gasteiger partial charge is 0.408 e. The van der Waals surface area contributed by atoms with Gasteiger partial charge in [0.2, 0.25) is 0 Å². The molecule has 8 heteroatoms. The minimum atomic E-state index is -3.76. The number of aryl methyl sites for hydroxylation is 2. The molecule has 0 bridgehead atoms. The number of hydrogen-bond donors (Lipinski definition) is 1. The van der Waals surface area contributed by atoms with Crippen molar-refractivity contribution < 1.29 is 12.8 Å². The molecule has 1 N–H and O–H groups in total. The molecule has 0 aliphatic rings. The molecule has 3 aromatic rings. The Labute approximate surface area is 126 Å². The van der Waals surface area contributed by atoms with Crippen molar-refractivity contribution in [3.8, 4) is 0 Å². The Hall–Kier alpha value is -2.61. The van der Waals surface area contributed by atoms with E-state index in [9.17, 15) is 13.2 Å². The van der Waals surface area contributed by atoms with E-state index < -0.39 is 15.8 Å². The number of nitrogens with one attached hydrogen (secondary N) is 1. The van der Waals surface area contributed by atoms with Crippen LogP contribution in [0.4, 0.5) is 5.69 Å². The number of aromatic nitrogens is 2. The summed E-state index contributed by atoms with van der Waals surface area (Å²) < 4.78 is 33.6. The number of anilines is 1. The van der Waals surface area contributed by atoms with E-state index in [1.165, 1.54) is 36.0 Å². The van der Waals surface area contributed by atoms with Crippen molar-refractivity contribution in [1.29, 1.82) is 0 Å². The summed E-state index contributed by atoms with van der Waals surface area (Å²) >= 11 is 0. The van der Waals surface area contributed by atoms with Crippen LogP contribution in [-0.4, -0.2) is 18.0 Å². The summed E-state index contributed by atoms with van der Waals surface area (Å²) in [5, 5.41) is 0. The average molecular weight is 319 g/mol. The van der Waals surface area contributed by atoms with Crippen LogP contribution < -0.4 is 10.5 Å². The third kappa shape index (κ3) is 2.48. The molecular formula is C14H13N3O4S. The Morgan fingerprint density at radius 3 is 2.73 bits per heavy atom. The Kier molecular flexibility index (Phi) is 3.25. The van der Waals surface area contributed by atoms with Gasteiger partial charge in [-0.2, -0.15) is 0 Å². The molecule has 0 atom stereocenters. The fourth-order valence-corrected chi connectivity index (χ4v) is 3.17. The van der Waals surface area contributed by atoms with Crippen molar-refractivity contribution in [3.63, 3.8) is 0 Å². The molecule has 7 nitrogen and oxygen atoms in total. The predicted molar refractivity (Wildman–Crippen MR) is 81.2 cm³/mol. The van der Waals surface area contributed by atoms with Gasteiger partial charge in [-0.05, 0) is 37.3 Å². The van der Waals surface area contributed by atoms with Gasteiger partial charge in [-0.15, -0.1) is 0 Å². The lowest BCUT2D eigenvalue weighted by atomic mass is 10.3. The standard InChI is InChI=1S/C14H13N3O4S/c1-9-7-10(5-6-15-9)16-22(19,20)11-3-4-13-12(8-11)17(2)14(18)21-13/h3-8H,1-2H3,(H,15,16). The quantitative estimate of drug-likeness (QED) is 0.792. The summed E-state index contributed by atoms with van der Waals surface area (Å²) in [4.78, 5) is 15.5. The van der Waals surface area contributed by atoms with Crippen LogP contribution in [0.15, 0.2) is 50.6 Å². The van der Waals surface area contributed by atoms with Crippen molar-refractivity contribution in [2.45, 2.75) is 11.8 Å². The molecule has 0 aliphatic heterocycles. The highest BCUT2D eigenvalue weighted by Gasteiger charge is 2.17. The first-order chi connectivity index (χ1) is 10.4. The summed E-state index contributed by atoms with van der Waals surface area (Å²) in [7, 11) is -2.25. The third-order valence-electron chi connectivity index (χ3n) is 3.22. The molecule has 0 radical (unpaired) electrons. The molecule has 1 aromatic carbocycles. The molecule has 0 unspecified atom stereocenters. The van der Waals surface area contributed by atoms with Gasteiger partial charge in [0.15, 0.2) is 5.58 Å². The third-order valence-corrected chi connectivity index (χ3v) is 4.60. The number of pyridine rings is 1. The van der Waals surface area contributed by atoms with Crippen molar-refractivity contribution in [2.75, 3.05) is 4.72 Å². The first-order valence-corrected chi connectivity index (χ1v) is 7.90. The largest absolute Gasteiger partial charge is 0.419 e. The highest BCUT2D eigenvalue weighted by molar-refractivity contribution is 7.92. The molecule has 0 saturated carbocycles. The van der Waals surface area contributed by atoms with E-state index in [1.807, 2.05) is 0 Å². The molecule has 0 aliphatic carbocycles. The minimum absolute atomic E-state index is 0.0471. The van der Waals surface area contributed by atoms with E-state index in [4.69, 9.17) is 4.42 Å². The van der Waals surface area contributed by atoms with Gasteiger partial charge < -0.3 is 4.42 Å². The number of fused-ring (bicyclic) bond motifs is 1. The van der Waals surface area contributed by atoms with Crippen LogP contribution >= 0.6 is 0 Å². The Morgan fingerprint density at radius 1 is 1.23 bits per heavy atom. The Bertz CT molecular complexity index is 1020. The summed E-state index contributed by atoms with van der Waals surface area (Å²) in [6.45, 7) is 1.77. The maximum Gasteiger partial charge on any atom is 0.419 e. The number of hydrogen-bond acceptors (Lipinski definition) is 5. The molecule has 0 saturated heterocycles. The second-order valence-corrected chi connectivity index (χ2v) is 6.53. The van der Waals surface area contributed by atoms with Gasteiger partial charge in [0.05, 0.1) is 16.1 Å². The van der Waals surface area contributed by atoms with E-state index in [-0.39, 0.29) is 4.90 Å². The number of sulfonamides is 1. The Morgan fingerprint density at radius 2 is 2.00 bits per heavy atom. The maximum absolute atomic E-state index is 12.4. The molecule has 2 aromatic heterocycles. The van der Waals surface area contributed by atoms with Crippen molar-refractivity contribution in [2.24, 2.45) is 7.05 Å². The van der Waals surface area contributed by atoms with Gasteiger partial charge in [0, 0.05) is 18.9 Å². The lowest BCUT2D eigenvalue weighted by Crippen LogP contribution is -2.13. The van der Waals surface area contributed by atoms with Crippen molar-refractivity contribution in [1.82, 2.24) is 9.55 Å². The zero-order valence-corrected chi connectivity index (χ0v) is 12.7. The van der Waals surface area contributed by atoms with Gasteiger partial charge >= 0.3 is 5.76 Å². The van der Waals surface area contributed by atoms with Crippen molar-refractivity contribution >= 4 is 26.8 Å². The van der Waals surface area contributed by atoms with E-state index in [0.29, 0.717) is 22.5 Å². The van der Waals surface area contributed by atoms with Gasteiger partial charge in [0.1, 0.15) is 0 Å². The number of rotatable bonds is 3. The van der Waals surface area contributed by atoms with Crippen LogP contribution in [0, 0.1) is 6.92 Å². The zero-order valence-electron chi connectivity index (χ0n) is 11.9. The summed E-state index contributed by atoms with van der Waals surface area (Å²) in [5.41, 5.74) is 1.88. The molecular weight excluding hydrogens is 306 g/mol. The maximum atomic E-state index is 12.4. The number of oxazole rings is 1. The highest BCUT2D eigenvalue weighted by Crippen LogP contribution is 2.20. The van der Waals surface area contributed by atoms with Crippen LogP contribution in [-0.2, 0) is 17.1 Å². The molecule has 2 heterocycles. The normalized spacial score (nSPS) is 11.7. The van der Waals surface area contributed by atoms with Gasteiger partial charge in [-0.25, -0.2) is 13.2 Å². The summed E-state index contributed by atoms with van der Waals surface area (Å²) in [6, 6.07) is 7.45. The molecule has 22 heavy (non-hydrogen) atoms. The fraction of sp³-hybridized carbons (Fsp3) is 0.143. The van der Waals surface area contributed by atoms with E-state index in [0.717, 1.165) is 0 Å². The zero-order chi connectivity index (χ0) is 15.9. The van der Waals surface area contributed by atoms with Crippen LogP contribution in [0.2, 0.25) is 0 Å². The summed E-state index contributed by atoms with van der Waals surface area (Å²) in [6.07, 6.45) is 1.52. The fourth-order valence-electron chi connectivity index (χ4n) is 2.10. The van der Waals surface area contributed by atoms with Gasteiger partial charge in [-0.3, -0.25) is 14.3 Å². The lowest BCUT2D eigenvalue weighted by molar-refractivity contribution is 0.528. The minimum Gasteiger partial charge on any atom is -0.408 e. The molecule has 3 rings (SSSR count). The topological polar surface area (TPSA) is 94.2 Å². The van der Waals surface area contributed by atoms with Gasteiger partial charge in [-0.1, -0.05) is 0 Å². The monoisotopic (exact) mass is 319 g/mol. The van der Waals surface area contributed by atoms with Crippen LogP contribution in [0.1, 0.15) is 5.69 Å². The Balaban J connectivity index is 2.05. The van der Waals surface area contributed by atoms with Crippen LogP contribution in [0.25, 0.3) is 11.1 Å². The summed E-state index contributed by atoms with van der Waals surface area (Å²) in [5.74, 6) is -0.540. The van der Waals surface area contributed by atoms with Crippen LogP contribution in [0.3, 0.4) is 0 Å². The molecule has 114 valence electrons.